The van der Waals surface area contributed by atoms with E-state index in [1.54, 1.807) is 19.4 Å². The molecule has 1 aromatic carbocycles. The van der Waals surface area contributed by atoms with Gasteiger partial charge in [0.15, 0.2) is 0 Å². The van der Waals surface area contributed by atoms with Crippen molar-refractivity contribution >= 4 is 0 Å². The highest BCUT2D eigenvalue weighted by molar-refractivity contribution is 5.45. The first-order chi connectivity index (χ1) is 10.1. The van der Waals surface area contributed by atoms with Gasteiger partial charge in [0.25, 0.3) is 0 Å². The van der Waals surface area contributed by atoms with Crippen LogP contribution in [-0.2, 0) is 0 Å². The summed E-state index contributed by atoms with van der Waals surface area (Å²) in [7, 11) is 1.66. The highest BCUT2D eigenvalue weighted by atomic mass is 19.1. The summed E-state index contributed by atoms with van der Waals surface area (Å²) in [5.74, 6) is 0.554. The molecule has 0 aliphatic carbocycles. The van der Waals surface area contributed by atoms with Crippen LogP contribution in [0.3, 0.4) is 0 Å². The number of nitrogens with one attached hydrogen (secondary N) is 1. The maximum absolute atomic E-state index is 14.1. The summed E-state index contributed by atoms with van der Waals surface area (Å²) in [5, 5.41) is 3.35. The Kier molecular flexibility index (Phi) is 4.91. The van der Waals surface area contributed by atoms with Crippen LogP contribution in [0.25, 0.3) is 0 Å². The van der Waals surface area contributed by atoms with Gasteiger partial charge in [0.2, 0.25) is 0 Å². The van der Waals surface area contributed by atoms with E-state index in [0.29, 0.717) is 5.56 Å². The first-order valence-electron chi connectivity index (χ1n) is 7.06. The zero-order valence-corrected chi connectivity index (χ0v) is 12.9. The molecule has 0 radical (unpaired) electrons. The van der Waals surface area contributed by atoms with E-state index in [2.05, 4.69) is 16.4 Å². The van der Waals surface area contributed by atoms with Gasteiger partial charge in [-0.15, -0.1) is 0 Å². The van der Waals surface area contributed by atoms with Crippen LogP contribution in [0.15, 0.2) is 30.6 Å². The molecule has 0 spiro atoms. The number of aromatic nitrogens is 1. The first kappa shape index (κ1) is 15.4. The molecule has 1 N–H and O–H groups in total. The van der Waals surface area contributed by atoms with Crippen LogP contribution in [0.2, 0.25) is 0 Å². The summed E-state index contributed by atoms with van der Waals surface area (Å²) in [6.07, 6.45) is 2.87. The Morgan fingerprint density at radius 1 is 1.24 bits per heavy atom. The number of ether oxygens (including phenoxy) is 1. The van der Waals surface area contributed by atoms with Gasteiger partial charge in [0.05, 0.1) is 19.3 Å². The van der Waals surface area contributed by atoms with Crippen molar-refractivity contribution in [2.45, 2.75) is 26.8 Å². The molecule has 1 unspecified atom stereocenters. The van der Waals surface area contributed by atoms with Gasteiger partial charge in [-0.05, 0) is 49.2 Å². The van der Waals surface area contributed by atoms with E-state index in [0.717, 1.165) is 29.0 Å². The average Bonchev–Trinajstić information content (AvgIpc) is 2.48. The molecule has 3 nitrogen and oxygen atoms in total. The van der Waals surface area contributed by atoms with Crippen molar-refractivity contribution in [2.75, 3.05) is 13.7 Å². The molecular formula is C17H21FN2O. The molecule has 0 saturated heterocycles. The molecule has 1 aromatic heterocycles. The smallest absolute Gasteiger partial charge is 0.146 e. The van der Waals surface area contributed by atoms with E-state index in [9.17, 15) is 4.39 Å². The largest absolute Gasteiger partial charge is 0.496 e. The third-order valence-corrected chi connectivity index (χ3v) is 3.62. The molecular weight excluding hydrogens is 267 g/mol. The Hall–Kier alpha value is -1.94. The fraction of sp³-hybridized carbons (Fsp3) is 0.353. The first-order valence-corrected chi connectivity index (χ1v) is 7.06. The summed E-state index contributed by atoms with van der Waals surface area (Å²) in [6.45, 7) is 6.77. The summed E-state index contributed by atoms with van der Waals surface area (Å²) < 4.78 is 19.4. The fourth-order valence-corrected chi connectivity index (χ4v) is 2.55. The van der Waals surface area contributed by atoms with Crippen molar-refractivity contribution in [2.24, 2.45) is 0 Å². The lowest BCUT2D eigenvalue weighted by atomic mass is 9.93. The van der Waals surface area contributed by atoms with E-state index in [4.69, 9.17) is 4.74 Å². The normalized spacial score (nSPS) is 12.2. The van der Waals surface area contributed by atoms with Gasteiger partial charge in [0.1, 0.15) is 11.6 Å². The van der Waals surface area contributed by atoms with Crippen LogP contribution < -0.4 is 10.1 Å². The Balaban J connectivity index is 2.53. The summed E-state index contributed by atoms with van der Waals surface area (Å²) in [5.41, 5.74) is 3.77. The quantitative estimate of drug-likeness (QED) is 0.913. The molecule has 112 valence electrons. The van der Waals surface area contributed by atoms with Crippen molar-refractivity contribution in [3.05, 3.63) is 58.7 Å². The monoisotopic (exact) mass is 288 g/mol. The number of methoxy groups -OCH3 is 1. The standard InChI is InChI=1S/C17H21FN2O/c1-5-20-17(13-6-7-19-10-15(13)18)14-8-12(3)16(21-4)9-11(14)2/h6-10,17,20H,5H2,1-4H3. The van der Waals surface area contributed by atoms with E-state index in [-0.39, 0.29) is 11.9 Å². The van der Waals surface area contributed by atoms with Crippen LogP contribution in [0.4, 0.5) is 4.39 Å². The Morgan fingerprint density at radius 3 is 2.62 bits per heavy atom. The number of halogens is 1. The molecule has 1 heterocycles. The molecule has 21 heavy (non-hydrogen) atoms. The van der Waals surface area contributed by atoms with Gasteiger partial charge in [-0.3, -0.25) is 4.98 Å². The summed E-state index contributed by atoms with van der Waals surface area (Å²) in [6, 6.07) is 5.58. The number of nitrogens with zero attached hydrogens (tertiary/aromatic N) is 1. The SMILES string of the molecule is CCNC(c1cc(C)c(OC)cc1C)c1ccncc1F. The van der Waals surface area contributed by atoms with Crippen LogP contribution in [0.5, 0.6) is 5.75 Å². The van der Waals surface area contributed by atoms with Crippen LogP contribution in [0.1, 0.15) is 35.2 Å². The minimum absolute atomic E-state index is 0.192. The lowest BCUT2D eigenvalue weighted by Gasteiger charge is -2.22. The predicted molar refractivity (Wildman–Crippen MR) is 82.2 cm³/mol. The molecule has 4 heteroatoms. The number of aryl methyl sites for hydroxylation is 2. The number of benzene rings is 1. The van der Waals surface area contributed by atoms with E-state index in [1.807, 2.05) is 26.8 Å². The predicted octanol–water partition coefficient (Wildman–Crippen LogP) is 3.55. The fourth-order valence-electron chi connectivity index (χ4n) is 2.55. The third-order valence-electron chi connectivity index (χ3n) is 3.62. The van der Waals surface area contributed by atoms with E-state index < -0.39 is 0 Å². The second-order valence-corrected chi connectivity index (χ2v) is 5.07. The zero-order chi connectivity index (χ0) is 15.4. The van der Waals surface area contributed by atoms with Crippen molar-refractivity contribution in [3.8, 4) is 5.75 Å². The van der Waals surface area contributed by atoms with Gasteiger partial charge < -0.3 is 10.1 Å². The maximum Gasteiger partial charge on any atom is 0.146 e. The van der Waals surface area contributed by atoms with Gasteiger partial charge >= 0.3 is 0 Å². The topological polar surface area (TPSA) is 34.1 Å². The highest BCUT2D eigenvalue weighted by Gasteiger charge is 2.20. The molecule has 0 saturated carbocycles. The van der Waals surface area contributed by atoms with Gasteiger partial charge in [0, 0.05) is 11.8 Å². The molecule has 0 aliphatic rings. The van der Waals surface area contributed by atoms with Gasteiger partial charge in [-0.2, -0.15) is 0 Å². The number of rotatable bonds is 5. The molecule has 0 amide bonds. The van der Waals surface area contributed by atoms with E-state index in [1.165, 1.54) is 6.20 Å². The second kappa shape index (κ2) is 6.68. The lowest BCUT2D eigenvalue weighted by molar-refractivity contribution is 0.411. The minimum atomic E-state index is -0.295. The number of hydrogen-bond acceptors (Lipinski definition) is 3. The highest BCUT2D eigenvalue weighted by Crippen LogP contribution is 2.31. The molecule has 2 rings (SSSR count). The van der Waals surface area contributed by atoms with Crippen molar-refractivity contribution < 1.29 is 9.13 Å². The molecule has 1 atom stereocenters. The van der Waals surface area contributed by atoms with Gasteiger partial charge in [-0.1, -0.05) is 13.0 Å². The second-order valence-electron chi connectivity index (χ2n) is 5.07. The van der Waals surface area contributed by atoms with Gasteiger partial charge in [-0.25, -0.2) is 4.39 Å². The third kappa shape index (κ3) is 3.22. The van der Waals surface area contributed by atoms with Crippen molar-refractivity contribution in [1.29, 1.82) is 0 Å². The van der Waals surface area contributed by atoms with Crippen LogP contribution in [-0.4, -0.2) is 18.6 Å². The average molecular weight is 288 g/mol. The van der Waals surface area contributed by atoms with Crippen molar-refractivity contribution in [1.82, 2.24) is 10.3 Å². The summed E-state index contributed by atoms with van der Waals surface area (Å²) >= 11 is 0. The number of pyridine rings is 1. The Labute approximate surface area is 125 Å². The van der Waals surface area contributed by atoms with Crippen LogP contribution >= 0.6 is 0 Å². The van der Waals surface area contributed by atoms with Crippen molar-refractivity contribution in [3.63, 3.8) is 0 Å². The molecule has 2 aromatic rings. The molecule has 0 fully saturated rings. The Morgan fingerprint density at radius 2 is 2.00 bits per heavy atom. The zero-order valence-electron chi connectivity index (χ0n) is 12.9. The molecule has 0 aliphatic heterocycles. The lowest BCUT2D eigenvalue weighted by Crippen LogP contribution is -2.24. The minimum Gasteiger partial charge on any atom is -0.496 e. The Bertz CT molecular complexity index is 628. The molecule has 0 bridgehead atoms. The van der Waals surface area contributed by atoms with Crippen LogP contribution in [0, 0.1) is 19.7 Å². The number of hydrogen-bond donors (Lipinski definition) is 1. The summed E-state index contributed by atoms with van der Waals surface area (Å²) in [4.78, 5) is 3.83. The maximum atomic E-state index is 14.1. The van der Waals surface area contributed by atoms with E-state index >= 15 is 0 Å².